The molecule has 0 radical (unpaired) electrons. The average Bonchev–Trinajstić information content (AvgIpc) is 2.27. The van der Waals surface area contributed by atoms with Crippen LogP contribution < -0.4 is 10.5 Å². The van der Waals surface area contributed by atoms with Gasteiger partial charge in [-0.3, -0.25) is 10.1 Å². The fourth-order valence-electron chi connectivity index (χ4n) is 1.65. The molecule has 0 saturated carbocycles. The molecule has 1 aromatic rings. The molecule has 19 heavy (non-hydrogen) atoms. The van der Waals surface area contributed by atoms with E-state index in [-0.39, 0.29) is 5.56 Å². The molecular formula is C10H14FN3O4S. The van der Waals surface area contributed by atoms with Crippen LogP contribution in [0.5, 0.6) is 0 Å². The zero-order valence-corrected chi connectivity index (χ0v) is 11.2. The Balaban J connectivity index is 3.30. The number of hydrogen-bond donors (Lipinski definition) is 2. The van der Waals surface area contributed by atoms with Gasteiger partial charge in [0.1, 0.15) is 0 Å². The summed E-state index contributed by atoms with van der Waals surface area (Å²) < 4.78 is 39.0. The van der Waals surface area contributed by atoms with Crippen LogP contribution in [0.25, 0.3) is 0 Å². The fourth-order valence-corrected chi connectivity index (χ4v) is 2.74. The summed E-state index contributed by atoms with van der Waals surface area (Å²) in [5.74, 6) is -1.71. The molecule has 0 amide bonds. The van der Waals surface area contributed by atoms with Gasteiger partial charge in [0.05, 0.1) is 16.2 Å². The van der Waals surface area contributed by atoms with Crippen LogP contribution in [0.3, 0.4) is 0 Å². The average molecular weight is 291 g/mol. The molecule has 9 heteroatoms. The second-order valence-corrected chi connectivity index (χ2v) is 6.20. The molecule has 1 rings (SSSR count). The minimum Gasteiger partial charge on any atom is -0.321 e. The number of benzene rings is 1. The number of nitro groups is 1. The summed E-state index contributed by atoms with van der Waals surface area (Å²) in [7, 11) is -2.48. The lowest BCUT2D eigenvalue weighted by Crippen LogP contribution is -2.44. The summed E-state index contributed by atoms with van der Waals surface area (Å²) in [6, 6.07) is 3.47. The van der Waals surface area contributed by atoms with Crippen LogP contribution in [-0.2, 0) is 15.6 Å². The summed E-state index contributed by atoms with van der Waals surface area (Å²) in [5.41, 5.74) is 3.24. The Morgan fingerprint density at radius 2 is 2.11 bits per heavy atom. The van der Waals surface area contributed by atoms with Crippen molar-refractivity contribution in [2.75, 3.05) is 12.8 Å². The molecule has 0 aliphatic carbocycles. The summed E-state index contributed by atoms with van der Waals surface area (Å²) in [4.78, 5) is 9.75. The number of nitrogens with two attached hydrogens (primary N) is 1. The highest BCUT2D eigenvalue weighted by Gasteiger charge is 2.33. The quantitative estimate of drug-likeness (QED) is 0.604. The summed E-state index contributed by atoms with van der Waals surface area (Å²) in [6.45, 7) is 1.30. The first-order valence-corrected chi connectivity index (χ1v) is 6.89. The van der Waals surface area contributed by atoms with Gasteiger partial charge in [0.25, 0.3) is 0 Å². The molecule has 0 aliphatic heterocycles. The molecule has 1 atom stereocenters. The summed E-state index contributed by atoms with van der Waals surface area (Å²) >= 11 is 0. The van der Waals surface area contributed by atoms with Crippen LogP contribution in [0.2, 0.25) is 0 Å². The Morgan fingerprint density at radius 3 is 2.58 bits per heavy atom. The van der Waals surface area contributed by atoms with E-state index in [0.717, 1.165) is 6.07 Å². The third-order valence-corrected chi connectivity index (χ3v) is 4.19. The number of rotatable bonds is 5. The van der Waals surface area contributed by atoms with Crippen molar-refractivity contribution >= 4 is 15.7 Å². The van der Waals surface area contributed by atoms with Gasteiger partial charge in [0.2, 0.25) is 15.8 Å². The Morgan fingerprint density at radius 1 is 1.53 bits per heavy atom. The van der Waals surface area contributed by atoms with Crippen molar-refractivity contribution in [2.45, 2.75) is 12.5 Å². The van der Waals surface area contributed by atoms with Gasteiger partial charge in [-0.05, 0) is 14.0 Å². The maximum Gasteiger partial charge on any atom is 0.305 e. The number of nitro benzene ring substituents is 1. The van der Waals surface area contributed by atoms with Gasteiger partial charge in [-0.1, -0.05) is 12.1 Å². The molecule has 0 bridgehead atoms. The molecule has 1 aromatic carbocycles. The predicted octanol–water partition coefficient (Wildman–Crippen LogP) is 0.457. The van der Waals surface area contributed by atoms with Gasteiger partial charge < -0.3 is 5.73 Å². The normalized spacial score (nSPS) is 14.9. The highest BCUT2D eigenvalue weighted by Crippen LogP contribution is 2.28. The zero-order chi connectivity index (χ0) is 14.8. The van der Waals surface area contributed by atoms with Crippen molar-refractivity contribution in [3.63, 3.8) is 0 Å². The Kier molecular flexibility index (Phi) is 4.23. The molecule has 1 unspecified atom stereocenters. The Hall–Kier alpha value is -1.58. The van der Waals surface area contributed by atoms with E-state index < -0.39 is 37.7 Å². The second-order valence-electron chi connectivity index (χ2n) is 4.28. The van der Waals surface area contributed by atoms with Gasteiger partial charge in [-0.25, -0.2) is 13.1 Å². The Bertz CT molecular complexity index is 601. The van der Waals surface area contributed by atoms with Crippen LogP contribution in [0.15, 0.2) is 18.2 Å². The lowest BCUT2D eigenvalue weighted by molar-refractivity contribution is -0.387. The third-order valence-electron chi connectivity index (χ3n) is 2.59. The van der Waals surface area contributed by atoms with Crippen LogP contribution in [-0.4, -0.2) is 26.1 Å². The number of hydrogen-bond acceptors (Lipinski definition) is 5. The number of sulfonamides is 1. The Labute approximate surface area is 109 Å². The highest BCUT2D eigenvalue weighted by atomic mass is 32.2. The molecule has 0 aliphatic rings. The van der Waals surface area contributed by atoms with Crippen LogP contribution in [0.1, 0.15) is 12.5 Å². The SMILES string of the molecule is CNS(=O)(=O)CC(C)(N)c1cccc([N+](=O)[O-])c1F. The molecule has 0 aromatic heterocycles. The zero-order valence-electron chi connectivity index (χ0n) is 10.4. The summed E-state index contributed by atoms with van der Waals surface area (Å²) in [5, 5.41) is 10.6. The molecule has 0 spiro atoms. The number of nitrogens with zero attached hydrogens (tertiary/aromatic N) is 1. The van der Waals surface area contributed by atoms with E-state index in [0.29, 0.717) is 0 Å². The van der Waals surface area contributed by atoms with E-state index in [1.807, 2.05) is 0 Å². The van der Waals surface area contributed by atoms with E-state index in [4.69, 9.17) is 5.73 Å². The van der Waals surface area contributed by atoms with Crippen LogP contribution in [0.4, 0.5) is 10.1 Å². The summed E-state index contributed by atoms with van der Waals surface area (Å²) in [6.07, 6.45) is 0. The number of halogens is 1. The van der Waals surface area contributed by atoms with Crippen molar-refractivity contribution in [1.82, 2.24) is 4.72 Å². The van der Waals surface area contributed by atoms with Crippen LogP contribution >= 0.6 is 0 Å². The molecule has 106 valence electrons. The van der Waals surface area contributed by atoms with Gasteiger partial charge in [-0.15, -0.1) is 0 Å². The van der Waals surface area contributed by atoms with Crippen molar-refractivity contribution in [3.8, 4) is 0 Å². The lowest BCUT2D eigenvalue weighted by Gasteiger charge is -2.24. The largest absolute Gasteiger partial charge is 0.321 e. The second kappa shape index (κ2) is 5.19. The van der Waals surface area contributed by atoms with Crippen molar-refractivity contribution in [1.29, 1.82) is 0 Å². The van der Waals surface area contributed by atoms with Crippen molar-refractivity contribution in [3.05, 3.63) is 39.7 Å². The maximum atomic E-state index is 14.0. The van der Waals surface area contributed by atoms with Gasteiger partial charge in [-0.2, -0.15) is 4.39 Å². The van der Waals surface area contributed by atoms with Gasteiger partial charge in [0, 0.05) is 11.6 Å². The molecule has 0 heterocycles. The van der Waals surface area contributed by atoms with Gasteiger partial charge >= 0.3 is 5.69 Å². The van der Waals surface area contributed by atoms with E-state index in [2.05, 4.69) is 4.72 Å². The van der Waals surface area contributed by atoms with Gasteiger partial charge in [0.15, 0.2) is 0 Å². The standard InChI is InChI=1S/C10H14FN3O4S/c1-10(12,6-19(17,18)13-2)7-4-3-5-8(9(7)11)14(15)16/h3-5,13H,6,12H2,1-2H3. The third kappa shape index (κ3) is 3.46. The monoisotopic (exact) mass is 291 g/mol. The topological polar surface area (TPSA) is 115 Å². The first-order valence-electron chi connectivity index (χ1n) is 5.24. The van der Waals surface area contributed by atoms with E-state index >= 15 is 0 Å². The highest BCUT2D eigenvalue weighted by molar-refractivity contribution is 7.89. The smallest absolute Gasteiger partial charge is 0.305 e. The minimum absolute atomic E-state index is 0.222. The van der Waals surface area contributed by atoms with E-state index in [1.54, 1.807) is 0 Å². The minimum atomic E-state index is -3.69. The number of nitrogens with one attached hydrogen (secondary N) is 1. The molecule has 3 N–H and O–H groups in total. The first kappa shape index (κ1) is 15.5. The lowest BCUT2D eigenvalue weighted by atomic mass is 9.94. The molecule has 0 saturated heterocycles. The first-order chi connectivity index (χ1) is 8.60. The van der Waals surface area contributed by atoms with Crippen LogP contribution in [0, 0.1) is 15.9 Å². The van der Waals surface area contributed by atoms with E-state index in [9.17, 15) is 22.9 Å². The van der Waals surface area contributed by atoms with E-state index in [1.165, 1.54) is 26.1 Å². The predicted molar refractivity (Wildman–Crippen MR) is 67.4 cm³/mol. The fraction of sp³-hybridized carbons (Fsp3) is 0.400. The molecule has 0 fully saturated rings. The molecule has 7 nitrogen and oxygen atoms in total. The maximum absolute atomic E-state index is 14.0. The van der Waals surface area contributed by atoms with Crippen molar-refractivity contribution < 1.29 is 17.7 Å². The van der Waals surface area contributed by atoms with Crippen molar-refractivity contribution in [2.24, 2.45) is 5.73 Å². The molecular weight excluding hydrogens is 277 g/mol.